The Morgan fingerprint density at radius 3 is 1.59 bits per heavy atom. The number of hydrogen-bond acceptors (Lipinski definition) is 0. The van der Waals surface area contributed by atoms with Gasteiger partial charge in [0.05, 0.1) is 16.7 Å². The number of fused-ring (bicyclic) bond motifs is 13. The van der Waals surface area contributed by atoms with Gasteiger partial charge >= 0.3 is 5.66 Å². The van der Waals surface area contributed by atoms with E-state index in [-0.39, 0.29) is 0 Å². The average Bonchev–Trinajstić information content (AvgIpc) is 3.30. The van der Waals surface area contributed by atoms with Gasteiger partial charge in [-0.2, -0.15) is 4.57 Å². The van der Waals surface area contributed by atoms with Crippen LogP contribution in [0.4, 0.5) is 0 Å². The zero-order chi connectivity index (χ0) is 25.8. The van der Waals surface area contributed by atoms with Crippen LogP contribution in [0.1, 0.15) is 16.7 Å². The normalized spacial score (nSPS) is 16.2. The lowest BCUT2D eigenvalue weighted by molar-refractivity contribution is -0.958. The van der Waals surface area contributed by atoms with Crippen molar-refractivity contribution in [3.8, 4) is 33.8 Å². The molecule has 1 spiro atoms. The fraction of sp³-hybridized carbons (Fsp3) is 0.0278. The van der Waals surface area contributed by atoms with Gasteiger partial charge in [-0.05, 0) is 54.1 Å². The van der Waals surface area contributed by atoms with Crippen LogP contribution in [0.25, 0.3) is 46.0 Å². The summed E-state index contributed by atoms with van der Waals surface area (Å²) in [4.78, 5) is 0. The molecular formula is C36H26N3+3. The van der Waals surface area contributed by atoms with Crippen molar-refractivity contribution < 1.29 is 13.7 Å². The van der Waals surface area contributed by atoms with Gasteiger partial charge in [-0.25, -0.2) is 0 Å². The standard InChI is InChI=1S/C36H26N3/c1-2-14-28-27(13-1)22-26-37-23-10-7-19-33(37)29-15-3-5-17-31(29)36(38-24-11-8-20-34(28)38)32-18-6-4-16-30(32)35-21-9-12-25-39(35)36/h1-26H/q+3. The van der Waals surface area contributed by atoms with Crippen molar-refractivity contribution >= 4 is 12.3 Å². The van der Waals surface area contributed by atoms with E-state index in [9.17, 15) is 0 Å². The van der Waals surface area contributed by atoms with Gasteiger partial charge in [0.25, 0.3) is 0 Å². The Bertz CT molecular complexity index is 1790. The maximum atomic E-state index is 2.48. The molecule has 182 valence electrons. The van der Waals surface area contributed by atoms with Crippen LogP contribution < -0.4 is 13.7 Å². The van der Waals surface area contributed by atoms with Crippen LogP contribution in [0.15, 0.2) is 146 Å². The first-order valence-electron chi connectivity index (χ1n) is 13.4. The summed E-state index contributed by atoms with van der Waals surface area (Å²) in [7, 11) is 0. The van der Waals surface area contributed by atoms with Gasteiger partial charge in [0.1, 0.15) is 11.1 Å². The quantitative estimate of drug-likeness (QED) is 0.223. The van der Waals surface area contributed by atoms with E-state index in [0.717, 1.165) is 11.4 Å². The van der Waals surface area contributed by atoms with E-state index in [2.05, 4.69) is 172 Å². The highest BCUT2D eigenvalue weighted by molar-refractivity contribution is 5.76. The molecule has 0 fully saturated rings. The highest BCUT2D eigenvalue weighted by Crippen LogP contribution is 2.43. The highest BCUT2D eigenvalue weighted by atomic mass is 15.3. The fourth-order valence-corrected chi connectivity index (χ4v) is 6.54. The maximum absolute atomic E-state index is 2.48. The summed E-state index contributed by atoms with van der Waals surface area (Å²) < 4.78 is 7.18. The van der Waals surface area contributed by atoms with Crippen LogP contribution in [0.2, 0.25) is 0 Å². The van der Waals surface area contributed by atoms with Gasteiger partial charge in [-0.15, -0.1) is 9.13 Å². The Labute approximate surface area is 227 Å². The average molecular weight is 501 g/mol. The smallest absolute Gasteiger partial charge is 0.167 e. The van der Waals surface area contributed by atoms with E-state index in [1.54, 1.807) is 0 Å². The summed E-state index contributed by atoms with van der Waals surface area (Å²) in [5.41, 5.74) is 10.1. The van der Waals surface area contributed by atoms with Gasteiger partial charge in [-0.3, -0.25) is 0 Å². The molecule has 0 aliphatic carbocycles. The largest absolute Gasteiger partial charge is 0.417 e. The summed E-state index contributed by atoms with van der Waals surface area (Å²) in [5, 5.41) is 0. The topological polar surface area (TPSA) is 11.6 Å². The van der Waals surface area contributed by atoms with E-state index in [1.165, 1.54) is 39.1 Å². The first-order chi connectivity index (χ1) is 19.4. The SMILES string of the molecule is C1=C[n+]2ccccc2-c2ccccc2C2(c3ccccc3-c3cccc[n+]32)[n+]2ccccc2-c2ccccc21. The van der Waals surface area contributed by atoms with Crippen molar-refractivity contribution in [2.75, 3.05) is 0 Å². The molecule has 0 amide bonds. The molecule has 0 saturated heterocycles. The first-order valence-corrected chi connectivity index (χ1v) is 13.4. The van der Waals surface area contributed by atoms with Gasteiger partial charge < -0.3 is 0 Å². The Hall–Kier alpha value is -5.15. The van der Waals surface area contributed by atoms with E-state index in [4.69, 9.17) is 0 Å². The number of aromatic nitrogens is 3. The molecule has 3 aromatic heterocycles. The Kier molecular flexibility index (Phi) is 4.74. The van der Waals surface area contributed by atoms with Crippen molar-refractivity contribution in [1.29, 1.82) is 0 Å². The molecule has 3 nitrogen and oxygen atoms in total. The summed E-state index contributed by atoms with van der Waals surface area (Å²) in [6.07, 6.45) is 11.0. The maximum Gasteiger partial charge on any atom is 0.417 e. The fourth-order valence-electron chi connectivity index (χ4n) is 6.54. The molecule has 6 aromatic rings. The Balaban J connectivity index is 1.65. The summed E-state index contributed by atoms with van der Waals surface area (Å²) >= 11 is 0. The predicted octanol–water partition coefficient (Wildman–Crippen LogP) is 6.10. The molecule has 1 atom stereocenters. The Morgan fingerprint density at radius 2 is 0.897 bits per heavy atom. The molecule has 8 rings (SSSR count). The number of benzene rings is 3. The van der Waals surface area contributed by atoms with E-state index in [1.807, 2.05) is 0 Å². The lowest BCUT2D eigenvalue weighted by Gasteiger charge is -2.24. The first kappa shape index (κ1) is 21.9. The third-order valence-corrected chi connectivity index (χ3v) is 8.12. The highest BCUT2D eigenvalue weighted by Gasteiger charge is 2.63. The van der Waals surface area contributed by atoms with Gasteiger partial charge in [0.2, 0.25) is 17.1 Å². The third kappa shape index (κ3) is 3.01. The van der Waals surface area contributed by atoms with Crippen LogP contribution in [-0.4, -0.2) is 0 Å². The second-order valence-electron chi connectivity index (χ2n) is 10.1. The third-order valence-electron chi connectivity index (χ3n) is 8.12. The van der Waals surface area contributed by atoms with Gasteiger partial charge in [0.15, 0.2) is 24.8 Å². The zero-order valence-electron chi connectivity index (χ0n) is 21.4. The van der Waals surface area contributed by atoms with Crippen molar-refractivity contribution in [3.63, 3.8) is 0 Å². The monoisotopic (exact) mass is 500 g/mol. The van der Waals surface area contributed by atoms with Crippen molar-refractivity contribution in [2.24, 2.45) is 0 Å². The van der Waals surface area contributed by atoms with Gasteiger partial charge in [0, 0.05) is 42.5 Å². The molecule has 1 unspecified atom stereocenters. The molecule has 3 heteroatoms. The second-order valence-corrected chi connectivity index (χ2v) is 10.1. The second kappa shape index (κ2) is 8.44. The lowest BCUT2D eigenvalue weighted by Crippen LogP contribution is -2.73. The molecule has 39 heavy (non-hydrogen) atoms. The van der Waals surface area contributed by atoms with Crippen LogP contribution in [0.5, 0.6) is 0 Å². The molecule has 0 N–H and O–H groups in total. The van der Waals surface area contributed by atoms with Crippen molar-refractivity contribution in [2.45, 2.75) is 5.66 Å². The van der Waals surface area contributed by atoms with Crippen LogP contribution in [0.3, 0.4) is 0 Å². The minimum Gasteiger partial charge on any atom is -0.167 e. The van der Waals surface area contributed by atoms with Crippen molar-refractivity contribution in [1.82, 2.24) is 0 Å². The molecule has 5 heterocycles. The minimum absolute atomic E-state index is 0.661. The molecule has 2 aliphatic rings. The van der Waals surface area contributed by atoms with Gasteiger partial charge in [-0.1, -0.05) is 42.5 Å². The molecule has 2 aliphatic heterocycles. The summed E-state index contributed by atoms with van der Waals surface area (Å²) in [6, 6.07) is 45.9. The van der Waals surface area contributed by atoms with E-state index in [0.29, 0.717) is 0 Å². The summed E-state index contributed by atoms with van der Waals surface area (Å²) in [6.45, 7) is 0. The number of pyridine rings is 3. The van der Waals surface area contributed by atoms with E-state index >= 15 is 0 Å². The molecule has 0 radical (unpaired) electrons. The predicted molar refractivity (Wildman–Crippen MR) is 153 cm³/mol. The molecule has 3 aromatic carbocycles. The molecule has 0 bridgehead atoms. The van der Waals surface area contributed by atoms with Crippen LogP contribution >= 0.6 is 0 Å². The minimum atomic E-state index is -0.661. The Morgan fingerprint density at radius 1 is 0.410 bits per heavy atom. The number of nitrogens with zero attached hydrogens (tertiary/aromatic N) is 3. The number of rotatable bonds is 0. The lowest BCUT2D eigenvalue weighted by atomic mass is 9.85. The van der Waals surface area contributed by atoms with Crippen molar-refractivity contribution in [3.05, 3.63) is 163 Å². The van der Waals surface area contributed by atoms with E-state index < -0.39 is 5.66 Å². The van der Waals surface area contributed by atoms with Crippen LogP contribution in [-0.2, 0) is 5.66 Å². The van der Waals surface area contributed by atoms with Crippen LogP contribution in [0, 0.1) is 0 Å². The number of hydrogen-bond donors (Lipinski definition) is 0. The summed E-state index contributed by atoms with van der Waals surface area (Å²) in [5.74, 6) is 0. The molecule has 0 saturated carbocycles. The molecular weight excluding hydrogens is 474 g/mol. The zero-order valence-corrected chi connectivity index (χ0v) is 21.4.